The number of benzene rings is 1. The molecule has 0 spiro atoms. The summed E-state index contributed by atoms with van der Waals surface area (Å²) in [4.78, 5) is 24.8. The summed E-state index contributed by atoms with van der Waals surface area (Å²) in [6.07, 6.45) is 0.848. The molecule has 1 aromatic rings. The Bertz CT molecular complexity index is 521. The van der Waals surface area contributed by atoms with Crippen molar-refractivity contribution in [3.05, 3.63) is 29.8 Å². The minimum Gasteiger partial charge on any atom is -0.478 e. The quantitative estimate of drug-likeness (QED) is 0.859. The predicted molar refractivity (Wildman–Crippen MR) is 74.7 cm³/mol. The molecule has 1 saturated carbocycles. The van der Waals surface area contributed by atoms with Gasteiger partial charge in [0.05, 0.1) is 12.2 Å². The van der Waals surface area contributed by atoms with E-state index >= 15 is 0 Å². The van der Waals surface area contributed by atoms with Crippen LogP contribution in [0.2, 0.25) is 0 Å². The fourth-order valence-corrected chi connectivity index (χ4v) is 2.33. The maximum atomic E-state index is 12.4. The highest BCUT2D eigenvalue weighted by molar-refractivity contribution is 5.98. The van der Waals surface area contributed by atoms with Crippen LogP contribution < -0.4 is 4.90 Å². The molecule has 1 aromatic carbocycles. The number of anilines is 1. The molecule has 0 radical (unpaired) electrons. The number of carboxylic acids is 1. The van der Waals surface area contributed by atoms with Gasteiger partial charge in [0.15, 0.2) is 0 Å². The van der Waals surface area contributed by atoms with Crippen molar-refractivity contribution in [1.82, 2.24) is 0 Å². The van der Waals surface area contributed by atoms with E-state index in [1.807, 2.05) is 13.8 Å². The maximum Gasteiger partial charge on any atom is 0.335 e. The topological polar surface area (TPSA) is 77.8 Å². The molecule has 1 aliphatic carbocycles. The number of aliphatic hydroxyl groups is 1. The molecule has 2 rings (SSSR count). The summed E-state index contributed by atoms with van der Waals surface area (Å²) in [6, 6.07) is 6.14. The SMILES string of the molecule is CC1(C)CC1C(=O)N(CCO)c1ccc(C(=O)O)cc1. The second kappa shape index (κ2) is 5.25. The van der Waals surface area contributed by atoms with Crippen LogP contribution in [-0.2, 0) is 4.79 Å². The van der Waals surface area contributed by atoms with Gasteiger partial charge in [-0.25, -0.2) is 4.79 Å². The zero-order valence-corrected chi connectivity index (χ0v) is 11.7. The summed E-state index contributed by atoms with van der Waals surface area (Å²) in [5.41, 5.74) is 0.819. The van der Waals surface area contributed by atoms with E-state index < -0.39 is 5.97 Å². The number of carbonyl (C=O) groups excluding carboxylic acids is 1. The van der Waals surface area contributed by atoms with Crippen molar-refractivity contribution in [3.63, 3.8) is 0 Å². The molecule has 5 heteroatoms. The number of amides is 1. The molecular formula is C15H19NO4. The zero-order chi connectivity index (χ0) is 14.9. The van der Waals surface area contributed by atoms with Gasteiger partial charge in [-0.1, -0.05) is 13.8 Å². The van der Waals surface area contributed by atoms with Crippen LogP contribution in [0.3, 0.4) is 0 Å². The number of aromatic carboxylic acids is 1. The molecule has 5 nitrogen and oxygen atoms in total. The van der Waals surface area contributed by atoms with Crippen LogP contribution in [0, 0.1) is 11.3 Å². The summed E-state index contributed by atoms with van der Waals surface area (Å²) in [5, 5.41) is 18.0. The lowest BCUT2D eigenvalue weighted by atomic mass is 10.1. The molecule has 0 saturated heterocycles. The van der Waals surface area contributed by atoms with Crippen LogP contribution in [-0.4, -0.2) is 35.2 Å². The summed E-state index contributed by atoms with van der Waals surface area (Å²) < 4.78 is 0. The molecule has 1 aliphatic rings. The third-order valence-corrected chi connectivity index (χ3v) is 3.83. The Labute approximate surface area is 117 Å². The number of aliphatic hydroxyl groups excluding tert-OH is 1. The maximum absolute atomic E-state index is 12.4. The van der Waals surface area contributed by atoms with Crippen molar-refractivity contribution >= 4 is 17.6 Å². The number of rotatable bonds is 5. The largest absolute Gasteiger partial charge is 0.478 e. The van der Waals surface area contributed by atoms with Gasteiger partial charge in [0.25, 0.3) is 0 Å². The lowest BCUT2D eigenvalue weighted by molar-refractivity contribution is -0.120. The average molecular weight is 277 g/mol. The molecule has 1 fully saturated rings. The van der Waals surface area contributed by atoms with Gasteiger partial charge in [0.1, 0.15) is 0 Å². The van der Waals surface area contributed by atoms with Gasteiger partial charge in [0, 0.05) is 18.2 Å². The Morgan fingerprint density at radius 3 is 2.25 bits per heavy atom. The van der Waals surface area contributed by atoms with Crippen molar-refractivity contribution in [2.24, 2.45) is 11.3 Å². The lowest BCUT2D eigenvalue weighted by Gasteiger charge is -2.23. The third kappa shape index (κ3) is 2.82. The van der Waals surface area contributed by atoms with Crippen molar-refractivity contribution in [2.75, 3.05) is 18.1 Å². The van der Waals surface area contributed by atoms with Gasteiger partial charge in [-0.3, -0.25) is 4.79 Å². The third-order valence-electron chi connectivity index (χ3n) is 3.83. The van der Waals surface area contributed by atoms with Crippen molar-refractivity contribution in [2.45, 2.75) is 20.3 Å². The van der Waals surface area contributed by atoms with E-state index in [4.69, 9.17) is 10.2 Å². The van der Waals surface area contributed by atoms with E-state index in [-0.39, 0.29) is 36.0 Å². The van der Waals surface area contributed by atoms with Crippen molar-refractivity contribution in [3.8, 4) is 0 Å². The summed E-state index contributed by atoms with van der Waals surface area (Å²) >= 11 is 0. The normalized spacial score (nSPS) is 19.4. The van der Waals surface area contributed by atoms with E-state index in [0.717, 1.165) is 6.42 Å². The van der Waals surface area contributed by atoms with Crippen LogP contribution in [0.15, 0.2) is 24.3 Å². The van der Waals surface area contributed by atoms with Gasteiger partial charge in [-0.05, 0) is 36.1 Å². The number of hydrogen-bond acceptors (Lipinski definition) is 3. The molecule has 1 unspecified atom stereocenters. The highest BCUT2D eigenvalue weighted by Crippen LogP contribution is 2.52. The van der Waals surface area contributed by atoms with Crippen LogP contribution in [0.4, 0.5) is 5.69 Å². The highest BCUT2D eigenvalue weighted by atomic mass is 16.4. The Morgan fingerprint density at radius 1 is 1.30 bits per heavy atom. The first kappa shape index (κ1) is 14.5. The molecule has 1 amide bonds. The van der Waals surface area contributed by atoms with Crippen molar-refractivity contribution in [1.29, 1.82) is 0 Å². The minimum atomic E-state index is -1.00. The van der Waals surface area contributed by atoms with E-state index in [2.05, 4.69) is 0 Å². The van der Waals surface area contributed by atoms with E-state index in [1.165, 1.54) is 17.0 Å². The second-order valence-electron chi connectivity index (χ2n) is 5.81. The van der Waals surface area contributed by atoms with Gasteiger partial charge < -0.3 is 15.1 Å². The molecule has 0 aromatic heterocycles. The van der Waals surface area contributed by atoms with Gasteiger partial charge >= 0.3 is 5.97 Å². The average Bonchev–Trinajstić information content (AvgIpc) is 3.04. The Balaban J connectivity index is 2.20. The number of carboxylic acid groups (broad SMARTS) is 1. The number of hydrogen-bond donors (Lipinski definition) is 2. The van der Waals surface area contributed by atoms with E-state index in [1.54, 1.807) is 12.1 Å². The monoisotopic (exact) mass is 277 g/mol. The summed E-state index contributed by atoms with van der Waals surface area (Å²) in [7, 11) is 0. The first-order chi connectivity index (χ1) is 9.36. The summed E-state index contributed by atoms with van der Waals surface area (Å²) in [6.45, 7) is 4.18. The Morgan fingerprint density at radius 2 is 1.85 bits per heavy atom. The fraction of sp³-hybridized carbons (Fsp3) is 0.467. The number of carbonyl (C=O) groups is 2. The first-order valence-electron chi connectivity index (χ1n) is 6.62. The minimum absolute atomic E-state index is 0.00729. The van der Waals surface area contributed by atoms with Gasteiger partial charge in [0.2, 0.25) is 5.91 Å². The predicted octanol–water partition coefficient (Wildman–Crippen LogP) is 1.76. The molecule has 108 valence electrons. The second-order valence-corrected chi connectivity index (χ2v) is 5.81. The lowest BCUT2D eigenvalue weighted by Crippen LogP contribution is -2.35. The Kier molecular flexibility index (Phi) is 3.81. The van der Waals surface area contributed by atoms with E-state index in [9.17, 15) is 9.59 Å². The Hall–Kier alpha value is -1.88. The molecule has 0 heterocycles. The molecule has 20 heavy (non-hydrogen) atoms. The molecule has 2 N–H and O–H groups in total. The fourth-order valence-electron chi connectivity index (χ4n) is 2.33. The first-order valence-corrected chi connectivity index (χ1v) is 6.62. The van der Waals surface area contributed by atoms with Crippen LogP contribution >= 0.6 is 0 Å². The van der Waals surface area contributed by atoms with Crippen molar-refractivity contribution < 1.29 is 19.8 Å². The van der Waals surface area contributed by atoms with Crippen LogP contribution in [0.25, 0.3) is 0 Å². The molecular weight excluding hydrogens is 258 g/mol. The van der Waals surface area contributed by atoms with Gasteiger partial charge in [-0.15, -0.1) is 0 Å². The number of nitrogens with zero attached hydrogens (tertiary/aromatic N) is 1. The molecule has 1 atom stereocenters. The highest BCUT2D eigenvalue weighted by Gasteiger charge is 2.52. The van der Waals surface area contributed by atoms with Gasteiger partial charge in [-0.2, -0.15) is 0 Å². The standard InChI is InChI=1S/C15H19NO4/c1-15(2)9-12(15)13(18)16(7-8-17)11-5-3-10(4-6-11)14(19)20/h3-6,12,17H,7-9H2,1-2H3,(H,19,20). The smallest absolute Gasteiger partial charge is 0.335 e. The van der Waals surface area contributed by atoms with E-state index in [0.29, 0.717) is 5.69 Å². The van der Waals surface area contributed by atoms with Crippen LogP contribution in [0.5, 0.6) is 0 Å². The summed E-state index contributed by atoms with van der Waals surface area (Å²) in [5.74, 6) is -1.03. The van der Waals surface area contributed by atoms with Crippen LogP contribution in [0.1, 0.15) is 30.6 Å². The molecule has 0 bridgehead atoms. The molecule has 0 aliphatic heterocycles. The zero-order valence-electron chi connectivity index (χ0n) is 11.7.